The van der Waals surface area contributed by atoms with Gasteiger partial charge in [0.2, 0.25) is 0 Å². The van der Waals surface area contributed by atoms with Crippen LogP contribution in [0.4, 0.5) is 0 Å². The summed E-state index contributed by atoms with van der Waals surface area (Å²) in [6.07, 6.45) is 5.48. The summed E-state index contributed by atoms with van der Waals surface area (Å²) in [5.74, 6) is 0.622. The number of hydrogen-bond donors (Lipinski definition) is 1. The van der Waals surface area contributed by atoms with Gasteiger partial charge in [-0.05, 0) is 12.3 Å². The molecule has 0 aromatic heterocycles. The third-order valence-electron chi connectivity index (χ3n) is 2.28. The van der Waals surface area contributed by atoms with E-state index >= 15 is 0 Å². The molecule has 11 heavy (non-hydrogen) atoms. The van der Waals surface area contributed by atoms with Crippen LogP contribution in [0, 0.1) is 5.92 Å². The molecule has 0 bridgehead atoms. The number of rotatable bonds is 4. The van der Waals surface area contributed by atoms with Crippen molar-refractivity contribution in [2.75, 3.05) is 6.61 Å². The monoisotopic (exact) mass is 158 g/mol. The molecule has 2 nitrogen and oxygen atoms in total. The van der Waals surface area contributed by atoms with Crippen molar-refractivity contribution >= 4 is 0 Å². The van der Waals surface area contributed by atoms with Crippen LogP contribution in [-0.4, -0.2) is 18.0 Å². The molecule has 2 atom stereocenters. The first kappa shape index (κ1) is 9.01. The number of aliphatic hydroxyl groups excluding tert-OH is 1. The second kappa shape index (κ2) is 4.73. The third-order valence-corrected chi connectivity index (χ3v) is 2.28. The summed E-state index contributed by atoms with van der Waals surface area (Å²) >= 11 is 0. The molecule has 1 N–H and O–H groups in total. The highest BCUT2D eigenvalue weighted by Crippen LogP contribution is 2.22. The predicted molar refractivity (Wildman–Crippen MR) is 44.2 cm³/mol. The maximum absolute atomic E-state index is 9.03. The fourth-order valence-corrected chi connectivity index (χ4v) is 1.55. The van der Waals surface area contributed by atoms with E-state index in [0.29, 0.717) is 5.92 Å². The Hall–Kier alpha value is -0.0800. The Bertz CT molecular complexity index is 104. The van der Waals surface area contributed by atoms with Crippen molar-refractivity contribution in [1.29, 1.82) is 0 Å². The zero-order valence-corrected chi connectivity index (χ0v) is 7.25. The Balaban J connectivity index is 1.99. The van der Waals surface area contributed by atoms with Gasteiger partial charge < -0.3 is 9.84 Å². The molecular weight excluding hydrogens is 140 g/mol. The molecule has 1 aliphatic rings. The number of unbranched alkanes of at least 4 members (excludes halogenated alkanes) is 2. The lowest BCUT2D eigenvalue weighted by Gasteiger charge is -2.04. The number of hydrogen-bond acceptors (Lipinski definition) is 2. The van der Waals surface area contributed by atoms with Crippen molar-refractivity contribution in [2.24, 2.45) is 5.92 Å². The van der Waals surface area contributed by atoms with Crippen molar-refractivity contribution in [3.8, 4) is 0 Å². The van der Waals surface area contributed by atoms with Crippen LogP contribution in [0.5, 0.6) is 0 Å². The van der Waals surface area contributed by atoms with Crippen LogP contribution in [0.25, 0.3) is 0 Å². The van der Waals surface area contributed by atoms with Gasteiger partial charge in [0.15, 0.2) is 6.29 Å². The van der Waals surface area contributed by atoms with E-state index in [1.807, 2.05) is 0 Å². The molecular formula is C9H18O2. The molecule has 0 radical (unpaired) electrons. The second-order valence-electron chi connectivity index (χ2n) is 3.39. The van der Waals surface area contributed by atoms with Crippen molar-refractivity contribution in [1.82, 2.24) is 0 Å². The molecule has 0 saturated carbocycles. The van der Waals surface area contributed by atoms with E-state index in [1.54, 1.807) is 0 Å². The zero-order chi connectivity index (χ0) is 8.10. The van der Waals surface area contributed by atoms with Gasteiger partial charge in [0, 0.05) is 6.42 Å². The summed E-state index contributed by atoms with van der Waals surface area (Å²) < 4.78 is 5.05. The predicted octanol–water partition coefficient (Wildman–Crippen LogP) is 1.92. The smallest absolute Gasteiger partial charge is 0.154 e. The van der Waals surface area contributed by atoms with Crippen LogP contribution in [0.3, 0.4) is 0 Å². The molecule has 2 unspecified atom stereocenters. The van der Waals surface area contributed by atoms with E-state index in [2.05, 4.69) is 6.92 Å². The Labute approximate surface area is 68.6 Å². The molecule has 1 fully saturated rings. The maximum Gasteiger partial charge on any atom is 0.154 e. The van der Waals surface area contributed by atoms with Crippen LogP contribution < -0.4 is 0 Å². The van der Waals surface area contributed by atoms with Crippen molar-refractivity contribution in [3.05, 3.63) is 0 Å². The summed E-state index contributed by atoms with van der Waals surface area (Å²) in [4.78, 5) is 0. The average molecular weight is 158 g/mol. The summed E-state index contributed by atoms with van der Waals surface area (Å²) in [5, 5.41) is 9.03. The molecule has 0 aliphatic carbocycles. The average Bonchev–Trinajstić information content (AvgIpc) is 2.37. The quantitative estimate of drug-likeness (QED) is 0.633. The Kier molecular flexibility index (Phi) is 3.87. The summed E-state index contributed by atoms with van der Waals surface area (Å²) in [6, 6.07) is 0. The van der Waals surface area contributed by atoms with Gasteiger partial charge >= 0.3 is 0 Å². The summed E-state index contributed by atoms with van der Waals surface area (Å²) in [6.45, 7) is 2.98. The highest BCUT2D eigenvalue weighted by atomic mass is 16.6. The molecule has 1 heterocycles. The number of ether oxygens (including phenoxy) is 1. The number of aliphatic hydroxyl groups is 1. The van der Waals surface area contributed by atoms with Gasteiger partial charge in [0.1, 0.15) is 0 Å². The van der Waals surface area contributed by atoms with E-state index in [4.69, 9.17) is 9.84 Å². The van der Waals surface area contributed by atoms with E-state index in [1.165, 1.54) is 25.7 Å². The molecule has 66 valence electrons. The molecule has 0 aromatic carbocycles. The van der Waals surface area contributed by atoms with Gasteiger partial charge in [-0.3, -0.25) is 0 Å². The SMILES string of the molecule is CCCCCC1COC(O)C1. The summed E-state index contributed by atoms with van der Waals surface area (Å²) in [7, 11) is 0. The van der Waals surface area contributed by atoms with Gasteiger partial charge in [-0.15, -0.1) is 0 Å². The normalized spacial score (nSPS) is 31.1. The van der Waals surface area contributed by atoms with E-state index in [9.17, 15) is 0 Å². The van der Waals surface area contributed by atoms with Gasteiger partial charge in [-0.2, -0.15) is 0 Å². The van der Waals surface area contributed by atoms with Gasteiger partial charge in [-0.25, -0.2) is 0 Å². The van der Waals surface area contributed by atoms with Crippen LogP contribution in [0.2, 0.25) is 0 Å². The first-order chi connectivity index (χ1) is 5.33. The highest BCUT2D eigenvalue weighted by Gasteiger charge is 2.22. The fourth-order valence-electron chi connectivity index (χ4n) is 1.55. The molecule has 0 aromatic rings. The fraction of sp³-hybridized carbons (Fsp3) is 1.00. The Morgan fingerprint density at radius 2 is 2.27 bits per heavy atom. The largest absolute Gasteiger partial charge is 0.368 e. The van der Waals surface area contributed by atoms with Crippen LogP contribution >= 0.6 is 0 Å². The van der Waals surface area contributed by atoms with E-state index in [-0.39, 0.29) is 0 Å². The van der Waals surface area contributed by atoms with Crippen molar-refractivity contribution in [3.63, 3.8) is 0 Å². The van der Waals surface area contributed by atoms with E-state index in [0.717, 1.165) is 13.0 Å². The maximum atomic E-state index is 9.03. The molecule has 1 saturated heterocycles. The van der Waals surface area contributed by atoms with Crippen LogP contribution in [0.1, 0.15) is 39.0 Å². The molecule has 1 aliphatic heterocycles. The lowest BCUT2D eigenvalue weighted by atomic mass is 10.0. The topological polar surface area (TPSA) is 29.5 Å². The van der Waals surface area contributed by atoms with Gasteiger partial charge in [-0.1, -0.05) is 26.2 Å². The van der Waals surface area contributed by atoms with E-state index < -0.39 is 6.29 Å². The third kappa shape index (κ3) is 3.21. The molecule has 0 amide bonds. The Morgan fingerprint density at radius 1 is 1.45 bits per heavy atom. The minimum Gasteiger partial charge on any atom is -0.368 e. The van der Waals surface area contributed by atoms with Crippen LogP contribution in [0.15, 0.2) is 0 Å². The standard InChI is InChI=1S/C9H18O2/c1-2-3-4-5-8-6-9(10)11-7-8/h8-10H,2-7H2,1H3. The summed E-state index contributed by atoms with van der Waals surface area (Å²) in [5.41, 5.74) is 0. The zero-order valence-electron chi connectivity index (χ0n) is 7.25. The van der Waals surface area contributed by atoms with Gasteiger partial charge in [0.05, 0.1) is 6.61 Å². The first-order valence-electron chi connectivity index (χ1n) is 4.62. The molecule has 0 spiro atoms. The first-order valence-corrected chi connectivity index (χ1v) is 4.62. The Morgan fingerprint density at radius 3 is 2.82 bits per heavy atom. The van der Waals surface area contributed by atoms with Crippen molar-refractivity contribution < 1.29 is 9.84 Å². The highest BCUT2D eigenvalue weighted by molar-refractivity contribution is 4.66. The molecule has 2 heteroatoms. The molecule has 1 rings (SSSR count). The second-order valence-corrected chi connectivity index (χ2v) is 3.39. The van der Waals surface area contributed by atoms with Crippen molar-refractivity contribution in [2.45, 2.75) is 45.3 Å². The lowest BCUT2D eigenvalue weighted by molar-refractivity contribution is -0.0591. The minimum atomic E-state index is -0.471. The minimum absolute atomic E-state index is 0.471. The van der Waals surface area contributed by atoms with Gasteiger partial charge in [0.25, 0.3) is 0 Å². The lowest BCUT2D eigenvalue weighted by Crippen LogP contribution is -2.01. The van der Waals surface area contributed by atoms with Crippen LogP contribution in [-0.2, 0) is 4.74 Å².